The van der Waals surface area contributed by atoms with Gasteiger partial charge in [0.25, 0.3) is 0 Å². The van der Waals surface area contributed by atoms with Crippen LogP contribution in [0.5, 0.6) is 0 Å². The molecule has 3 heteroatoms. The van der Waals surface area contributed by atoms with Gasteiger partial charge in [0.15, 0.2) is 0 Å². The summed E-state index contributed by atoms with van der Waals surface area (Å²) in [6.07, 6.45) is 0. The third kappa shape index (κ3) is 1.68. The zero-order valence-electron chi connectivity index (χ0n) is 7.47. The van der Waals surface area contributed by atoms with E-state index in [-0.39, 0.29) is 0 Å². The topological polar surface area (TPSA) is 24.4 Å². The van der Waals surface area contributed by atoms with E-state index in [2.05, 4.69) is 17.2 Å². The molecule has 0 aromatic heterocycles. The Labute approximate surface area is 82.6 Å². The van der Waals surface area contributed by atoms with Crippen molar-refractivity contribution >= 4 is 17.4 Å². The summed E-state index contributed by atoms with van der Waals surface area (Å²) >= 11 is 5.91. The number of aryl methyl sites for hydroxylation is 1. The summed E-state index contributed by atoms with van der Waals surface area (Å²) in [6, 6.07) is 5.87. The zero-order chi connectivity index (χ0) is 9.26. The SMILES string of the molecule is Cc1ccc(Cl)cc1C1=NCCN1. The van der Waals surface area contributed by atoms with E-state index in [0.29, 0.717) is 0 Å². The molecule has 2 rings (SSSR count). The first-order valence-corrected chi connectivity index (χ1v) is 4.70. The largest absolute Gasteiger partial charge is 0.368 e. The Hall–Kier alpha value is -1.02. The van der Waals surface area contributed by atoms with Gasteiger partial charge >= 0.3 is 0 Å². The first-order valence-electron chi connectivity index (χ1n) is 4.32. The Balaban J connectivity index is 2.43. The van der Waals surface area contributed by atoms with Crippen molar-refractivity contribution in [3.05, 3.63) is 34.3 Å². The number of rotatable bonds is 1. The van der Waals surface area contributed by atoms with Crippen LogP contribution in [0.3, 0.4) is 0 Å². The Morgan fingerprint density at radius 1 is 1.46 bits per heavy atom. The predicted molar refractivity (Wildman–Crippen MR) is 55.6 cm³/mol. The first kappa shape index (κ1) is 8.57. The van der Waals surface area contributed by atoms with E-state index in [9.17, 15) is 0 Å². The molecule has 0 amide bonds. The smallest absolute Gasteiger partial charge is 0.128 e. The van der Waals surface area contributed by atoms with Crippen LogP contribution in [0, 0.1) is 6.92 Å². The van der Waals surface area contributed by atoms with Crippen molar-refractivity contribution in [1.82, 2.24) is 5.32 Å². The van der Waals surface area contributed by atoms with Gasteiger partial charge in [-0.15, -0.1) is 0 Å². The molecule has 0 spiro atoms. The average Bonchev–Trinajstić information content (AvgIpc) is 2.61. The second-order valence-electron chi connectivity index (χ2n) is 3.12. The first-order chi connectivity index (χ1) is 6.27. The molecule has 1 N–H and O–H groups in total. The summed E-state index contributed by atoms with van der Waals surface area (Å²) in [6.45, 7) is 3.86. The number of nitrogens with zero attached hydrogens (tertiary/aromatic N) is 1. The van der Waals surface area contributed by atoms with Crippen LogP contribution in [0.2, 0.25) is 5.02 Å². The third-order valence-corrected chi connectivity index (χ3v) is 2.36. The summed E-state index contributed by atoms with van der Waals surface area (Å²) in [5, 5.41) is 3.99. The molecule has 0 aliphatic carbocycles. The molecule has 0 radical (unpaired) electrons. The minimum Gasteiger partial charge on any atom is -0.368 e. The highest BCUT2D eigenvalue weighted by Crippen LogP contribution is 2.16. The fraction of sp³-hybridized carbons (Fsp3) is 0.300. The Morgan fingerprint density at radius 3 is 3.00 bits per heavy atom. The van der Waals surface area contributed by atoms with Crippen LogP contribution in [0.4, 0.5) is 0 Å². The fourth-order valence-corrected chi connectivity index (χ4v) is 1.60. The van der Waals surface area contributed by atoms with Crippen LogP contribution in [0.25, 0.3) is 0 Å². The van der Waals surface area contributed by atoms with Gasteiger partial charge in [0.2, 0.25) is 0 Å². The maximum absolute atomic E-state index is 5.91. The predicted octanol–water partition coefficient (Wildman–Crippen LogP) is 2.00. The van der Waals surface area contributed by atoms with Crippen molar-refractivity contribution in [1.29, 1.82) is 0 Å². The summed E-state index contributed by atoms with van der Waals surface area (Å²) in [5.41, 5.74) is 2.32. The van der Waals surface area contributed by atoms with E-state index in [1.165, 1.54) is 5.56 Å². The van der Waals surface area contributed by atoms with Crippen LogP contribution in [-0.4, -0.2) is 18.9 Å². The maximum atomic E-state index is 5.91. The monoisotopic (exact) mass is 194 g/mol. The minimum atomic E-state index is 0.761. The second-order valence-corrected chi connectivity index (χ2v) is 3.55. The molecule has 0 saturated heterocycles. The quantitative estimate of drug-likeness (QED) is 0.727. The van der Waals surface area contributed by atoms with E-state index >= 15 is 0 Å². The molecule has 0 atom stereocenters. The minimum absolute atomic E-state index is 0.761. The number of amidine groups is 1. The number of hydrogen-bond acceptors (Lipinski definition) is 2. The number of benzene rings is 1. The van der Waals surface area contributed by atoms with E-state index in [1.807, 2.05) is 18.2 Å². The Bertz CT molecular complexity index is 358. The standard InChI is InChI=1S/C10H11ClN2/c1-7-2-3-8(11)6-9(7)10-12-4-5-13-10/h2-3,6H,4-5H2,1H3,(H,12,13). The number of nitrogens with one attached hydrogen (secondary N) is 1. The summed E-state index contributed by atoms with van der Waals surface area (Å²) in [4.78, 5) is 4.35. The summed E-state index contributed by atoms with van der Waals surface area (Å²) in [7, 11) is 0. The Morgan fingerprint density at radius 2 is 2.31 bits per heavy atom. The second kappa shape index (κ2) is 3.38. The van der Waals surface area contributed by atoms with E-state index < -0.39 is 0 Å². The van der Waals surface area contributed by atoms with Crippen LogP contribution >= 0.6 is 11.6 Å². The van der Waals surface area contributed by atoms with Gasteiger partial charge in [0, 0.05) is 17.1 Å². The van der Waals surface area contributed by atoms with Crippen molar-refractivity contribution in [2.24, 2.45) is 4.99 Å². The lowest BCUT2D eigenvalue weighted by atomic mass is 10.1. The molecule has 0 unspecified atom stereocenters. The lowest BCUT2D eigenvalue weighted by molar-refractivity contribution is 0.959. The molecule has 68 valence electrons. The molecule has 1 heterocycles. The van der Waals surface area contributed by atoms with E-state index in [4.69, 9.17) is 11.6 Å². The lowest BCUT2D eigenvalue weighted by Gasteiger charge is -2.06. The molecule has 1 aromatic rings. The number of aliphatic imine (C=N–C) groups is 1. The molecule has 13 heavy (non-hydrogen) atoms. The summed E-state index contributed by atoms with van der Waals surface area (Å²) < 4.78 is 0. The summed E-state index contributed by atoms with van der Waals surface area (Å²) in [5.74, 6) is 0.972. The molecule has 1 aromatic carbocycles. The van der Waals surface area contributed by atoms with Crippen LogP contribution in [-0.2, 0) is 0 Å². The molecular formula is C10H11ClN2. The molecule has 0 fully saturated rings. The fourth-order valence-electron chi connectivity index (χ4n) is 1.43. The van der Waals surface area contributed by atoms with Gasteiger partial charge < -0.3 is 5.32 Å². The van der Waals surface area contributed by atoms with Gasteiger partial charge in [0.1, 0.15) is 5.84 Å². The van der Waals surface area contributed by atoms with Gasteiger partial charge in [-0.05, 0) is 24.6 Å². The van der Waals surface area contributed by atoms with E-state index in [0.717, 1.165) is 29.5 Å². The molecule has 2 nitrogen and oxygen atoms in total. The zero-order valence-corrected chi connectivity index (χ0v) is 8.23. The molecule has 1 aliphatic heterocycles. The molecule has 0 saturated carbocycles. The van der Waals surface area contributed by atoms with Gasteiger partial charge in [-0.3, -0.25) is 4.99 Å². The number of halogens is 1. The molecule has 0 bridgehead atoms. The van der Waals surface area contributed by atoms with Gasteiger partial charge in [-0.1, -0.05) is 17.7 Å². The van der Waals surface area contributed by atoms with Crippen molar-refractivity contribution in [2.45, 2.75) is 6.92 Å². The van der Waals surface area contributed by atoms with Crippen LogP contribution < -0.4 is 5.32 Å². The van der Waals surface area contributed by atoms with Crippen LogP contribution in [0.1, 0.15) is 11.1 Å². The van der Waals surface area contributed by atoms with Gasteiger partial charge in [-0.2, -0.15) is 0 Å². The van der Waals surface area contributed by atoms with E-state index in [1.54, 1.807) is 0 Å². The highest BCUT2D eigenvalue weighted by Gasteiger charge is 2.10. The van der Waals surface area contributed by atoms with Crippen molar-refractivity contribution in [3.8, 4) is 0 Å². The molecular weight excluding hydrogens is 184 g/mol. The van der Waals surface area contributed by atoms with Crippen molar-refractivity contribution < 1.29 is 0 Å². The maximum Gasteiger partial charge on any atom is 0.128 e. The van der Waals surface area contributed by atoms with Crippen molar-refractivity contribution in [2.75, 3.05) is 13.1 Å². The van der Waals surface area contributed by atoms with Crippen molar-refractivity contribution in [3.63, 3.8) is 0 Å². The third-order valence-electron chi connectivity index (χ3n) is 2.13. The highest BCUT2D eigenvalue weighted by molar-refractivity contribution is 6.31. The number of hydrogen-bond donors (Lipinski definition) is 1. The van der Waals surface area contributed by atoms with Crippen LogP contribution in [0.15, 0.2) is 23.2 Å². The lowest BCUT2D eigenvalue weighted by Crippen LogP contribution is -2.20. The molecule has 1 aliphatic rings. The average molecular weight is 195 g/mol. The van der Waals surface area contributed by atoms with Gasteiger partial charge in [-0.25, -0.2) is 0 Å². The highest BCUT2D eigenvalue weighted by atomic mass is 35.5. The normalized spacial score (nSPS) is 15.4. The Kier molecular flexibility index (Phi) is 2.23. The van der Waals surface area contributed by atoms with Gasteiger partial charge in [0.05, 0.1) is 6.54 Å².